The molecule has 0 aliphatic rings. The van der Waals surface area contributed by atoms with E-state index >= 15 is 0 Å². The van der Waals surface area contributed by atoms with E-state index in [1.165, 1.54) is 12.1 Å². The molecule has 170 valence electrons. The summed E-state index contributed by atoms with van der Waals surface area (Å²) in [5, 5.41) is 2.57. The fourth-order valence-electron chi connectivity index (χ4n) is 2.35. The number of carbonyl (C=O) groups is 1. The zero-order valence-corrected chi connectivity index (χ0v) is 17.8. The molecule has 31 heavy (non-hydrogen) atoms. The van der Waals surface area contributed by atoms with E-state index < -0.39 is 37.9 Å². The second-order valence-corrected chi connectivity index (χ2v) is 10.1. The normalized spacial score (nSPS) is 12.4. The van der Waals surface area contributed by atoms with Gasteiger partial charge in [-0.15, -0.1) is 13.2 Å². The van der Waals surface area contributed by atoms with E-state index in [0.29, 0.717) is 5.56 Å². The Labute approximate surface area is 177 Å². The lowest BCUT2D eigenvalue weighted by Gasteiger charge is -2.10. The van der Waals surface area contributed by atoms with Crippen molar-refractivity contribution in [2.24, 2.45) is 0 Å². The van der Waals surface area contributed by atoms with Gasteiger partial charge < -0.3 is 10.1 Å². The number of rotatable bonds is 9. The van der Waals surface area contributed by atoms with E-state index in [-0.39, 0.29) is 29.3 Å². The van der Waals surface area contributed by atoms with Gasteiger partial charge >= 0.3 is 6.36 Å². The Hall–Kier alpha value is -2.64. The van der Waals surface area contributed by atoms with Gasteiger partial charge in [0.25, 0.3) is 0 Å². The Bertz CT molecular complexity index is 1110. The molecule has 0 radical (unpaired) electrons. The van der Waals surface area contributed by atoms with Gasteiger partial charge in [0, 0.05) is 25.8 Å². The standard InChI is InChI=1S/C18H19F3N2O6S2/c1-30(25,26)15-6-2-13(3-7-15)12-22-17(24)10-11-23-31(27,28)16-8-4-14(5-9-16)29-18(19,20)21/h2-9,23H,10-12H2,1H3,(H,22,24). The van der Waals surface area contributed by atoms with Crippen LogP contribution in [0, 0.1) is 0 Å². The summed E-state index contributed by atoms with van der Waals surface area (Å²) in [4.78, 5) is 11.7. The number of hydrogen-bond acceptors (Lipinski definition) is 6. The predicted molar refractivity (Wildman–Crippen MR) is 104 cm³/mol. The molecule has 13 heteroatoms. The maximum atomic E-state index is 12.1. The lowest BCUT2D eigenvalue weighted by atomic mass is 10.2. The number of amides is 1. The lowest BCUT2D eigenvalue weighted by molar-refractivity contribution is -0.274. The first-order valence-corrected chi connectivity index (χ1v) is 12.0. The molecule has 0 bridgehead atoms. The van der Waals surface area contributed by atoms with Gasteiger partial charge in [0.1, 0.15) is 5.75 Å². The van der Waals surface area contributed by atoms with Gasteiger partial charge in [-0.05, 0) is 42.0 Å². The van der Waals surface area contributed by atoms with Crippen molar-refractivity contribution in [2.75, 3.05) is 12.8 Å². The van der Waals surface area contributed by atoms with Crippen molar-refractivity contribution in [1.29, 1.82) is 0 Å². The predicted octanol–water partition coefficient (Wildman–Crippen LogP) is 1.97. The second kappa shape index (κ2) is 9.66. The molecule has 0 saturated heterocycles. The molecule has 0 heterocycles. The highest BCUT2D eigenvalue weighted by Gasteiger charge is 2.31. The topological polar surface area (TPSA) is 119 Å². The summed E-state index contributed by atoms with van der Waals surface area (Å²) in [6, 6.07) is 9.55. The molecule has 0 unspecified atom stereocenters. The fraction of sp³-hybridized carbons (Fsp3) is 0.278. The van der Waals surface area contributed by atoms with Crippen LogP contribution in [0.3, 0.4) is 0 Å². The van der Waals surface area contributed by atoms with Crippen molar-refractivity contribution < 1.29 is 39.5 Å². The molecule has 0 fully saturated rings. The Kier molecular flexibility index (Phi) is 7.68. The Morgan fingerprint density at radius 2 is 1.48 bits per heavy atom. The van der Waals surface area contributed by atoms with Crippen molar-refractivity contribution >= 4 is 25.8 Å². The maximum Gasteiger partial charge on any atom is 0.573 e. The number of halogens is 3. The second-order valence-electron chi connectivity index (χ2n) is 6.36. The van der Waals surface area contributed by atoms with Gasteiger partial charge in [-0.1, -0.05) is 12.1 Å². The molecule has 0 spiro atoms. The quantitative estimate of drug-likeness (QED) is 0.567. The Balaban J connectivity index is 1.81. The van der Waals surface area contributed by atoms with E-state index in [1.807, 2.05) is 0 Å². The number of benzene rings is 2. The van der Waals surface area contributed by atoms with Crippen LogP contribution in [0.5, 0.6) is 5.75 Å². The summed E-state index contributed by atoms with van der Waals surface area (Å²) in [6.07, 6.45) is -3.99. The third-order valence-electron chi connectivity index (χ3n) is 3.85. The zero-order valence-electron chi connectivity index (χ0n) is 16.1. The number of alkyl halides is 3. The van der Waals surface area contributed by atoms with Crippen molar-refractivity contribution in [3.8, 4) is 5.75 Å². The number of carbonyl (C=O) groups excluding carboxylic acids is 1. The van der Waals surface area contributed by atoms with Gasteiger partial charge in [-0.25, -0.2) is 21.6 Å². The van der Waals surface area contributed by atoms with Crippen molar-refractivity contribution in [3.05, 3.63) is 54.1 Å². The van der Waals surface area contributed by atoms with E-state index in [9.17, 15) is 34.8 Å². The van der Waals surface area contributed by atoms with Crippen LogP contribution in [0.2, 0.25) is 0 Å². The molecule has 1 amide bonds. The molecule has 0 saturated carbocycles. The first-order valence-electron chi connectivity index (χ1n) is 8.67. The van der Waals surface area contributed by atoms with Gasteiger partial charge in [-0.2, -0.15) is 0 Å². The van der Waals surface area contributed by atoms with Gasteiger partial charge in [0.05, 0.1) is 9.79 Å². The van der Waals surface area contributed by atoms with Gasteiger partial charge in [0.2, 0.25) is 15.9 Å². The zero-order chi connectivity index (χ0) is 23.3. The van der Waals surface area contributed by atoms with E-state index in [4.69, 9.17) is 0 Å². The van der Waals surface area contributed by atoms with Crippen LogP contribution in [-0.2, 0) is 31.2 Å². The van der Waals surface area contributed by atoms with Crippen LogP contribution in [0.4, 0.5) is 13.2 Å². The summed E-state index contributed by atoms with van der Waals surface area (Å²) in [5.74, 6) is -1.01. The molecule has 2 N–H and O–H groups in total. The molecule has 8 nitrogen and oxygen atoms in total. The molecule has 2 aromatic rings. The molecule has 0 aliphatic carbocycles. The average molecular weight is 480 g/mol. The van der Waals surface area contributed by atoms with E-state index in [2.05, 4.69) is 14.8 Å². The maximum absolute atomic E-state index is 12.1. The summed E-state index contributed by atoms with van der Waals surface area (Å²) in [5.41, 5.74) is 0.655. The highest BCUT2D eigenvalue weighted by atomic mass is 32.2. The Morgan fingerprint density at radius 3 is 2.00 bits per heavy atom. The monoisotopic (exact) mass is 480 g/mol. The van der Waals surface area contributed by atoms with Gasteiger partial charge in [0.15, 0.2) is 9.84 Å². The number of sulfone groups is 1. The van der Waals surface area contributed by atoms with Crippen LogP contribution >= 0.6 is 0 Å². The van der Waals surface area contributed by atoms with Crippen molar-refractivity contribution in [3.63, 3.8) is 0 Å². The minimum Gasteiger partial charge on any atom is -0.406 e. The third-order valence-corrected chi connectivity index (χ3v) is 6.46. The molecular formula is C18H19F3N2O6S2. The molecule has 0 atom stereocenters. The number of hydrogen-bond donors (Lipinski definition) is 2. The largest absolute Gasteiger partial charge is 0.573 e. The highest BCUT2D eigenvalue weighted by molar-refractivity contribution is 7.90. The lowest BCUT2D eigenvalue weighted by Crippen LogP contribution is -2.30. The minimum absolute atomic E-state index is 0.121. The summed E-state index contributed by atoms with van der Waals surface area (Å²) in [6.45, 7) is -0.113. The average Bonchev–Trinajstić information content (AvgIpc) is 2.65. The first-order chi connectivity index (χ1) is 14.3. The molecule has 2 rings (SSSR count). The minimum atomic E-state index is -4.89. The summed E-state index contributed by atoms with van der Waals surface area (Å²) >= 11 is 0. The van der Waals surface area contributed by atoms with Crippen LogP contribution in [-0.4, -0.2) is 41.9 Å². The van der Waals surface area contributed by atoms with Gasteiger partial charge in [-0.3, -0.25) is 4.79 Å². The first kappa shape index (κ1) is 24.6. The highest BCUT2D eigenvalue weighted by Crippen LogP contribution is 2.23. The smallest absolute Gasteiger partial charge is 0.406 e. The summed E-state index contributed by atoms with van der Waals surface area (Å²) < 4.78 is 89.4. The molecular weight excluding hydrogens is 461 g/mol. The number of nitrogens with one attached hydrogen (secondary N) is 2. The van der Waals surface area contributed by atoms with E-state index in [1.54, 1.807) is 12.1 Å². The fourth-order valence-corrected chi connectivity index (χ4v) is 4.01. The van der Waals surface area contributed by atoms with E-state index in [0.717, 1.165) is 30.5 Å². The summed E-state index contributed by atoms with van der Waals surface area (Å²) in [7, 11) is -7.35. The van der Waals surface area contributed by atoms with Crippen LogP contribution in [0.1, 0.15) is 12.0 Å². The van der Waals surface area contributed by atoms with Crippen molar-refractivity contribution in [1.82, 2.24) is 10.0 Å². The van der Waals surface area contributed by atoms with Crippen LogP contribution in [0.25, 0.3) is 0 Å². The van der Waals surface area contributed by atoms with Crippen molar-refractivity contribution in [2.45, 2.75) is 29.1 Å². The third kappa shape index (κ3) is 8.19. The Morgan fingerprint density at radius 1 is 0.935 bits per heavy atom. The molecule has 0 aliphatic heterocycles. The van der Waals surface area contributed by atoms with Crippen LogP contribution < -0.4 is 14.8 Å². The number of sulfonamides is 1. The SMILES string of the molecule is CS(=O)(=O)c1ccc(CNC(=O)CCNS(=O)(=O)c2ccc(OC(F)(F)F)cc2)cc1. The molecule has 2 aromatic carbocycles. The molecule has 0 aromatic heterocycles. The van der Waals surface area contributed by atoms with Crippen LogP contribution in [0.15, 0.2) is 58.3 Å². The number of ether oxygens (including phenoxy) is 1.